The third-order valence-corrected chi connectivity index (χ3v) is 2.16. The summed E-state index contributed by atoms with van der Waals surface area (Å²) in [6.07, 6.45) is 15.9. The van der Waals surface area contributed by atoms with E-state index in [0.29, 0.717) is 0 Å². The van der Waals surface area contributed by atoms with Gasteiger partial charge in [-0.25, -0.2) is 0 Å². The van der Waals surface area contributed by atoms with Crippen LogP contribution in [-0.4, -0.2) is 0 Å². The van der Waals surface area contributed by atoms with E-state index in [4.69, 9.17) is 0 Å². The predicted octanol–water partition coefficient (Wildman–Crippen LogP) is 4.72. The molecule has 0 aliphatic carbocycles. The van der Waals surface area contributed by atoms with Crippen LogP contribution in [-0.2, 0) is 0 Å². The van der Waals surface area contributed by atoms with Crippen molar-refractivity contribution in [2.75, 3.05) is 0 Å². The Morgan fingerprint density at radius 3 is 1.92 bits per heavy atom. The van der Waals surface area contributed by atoms with E-state index in [0.717, 1.165) is 19.3 Å². The van der Waals surface area contributed by atoms with Crippen molar-refractivity contribution in [2.24, 2.45) is 0 Å². The average Bonchev–Trinajstić information content (AvgIpc) is 2.16. The fourth-order valence-corrected chi connectivity index (χ4v) is 1.32. The van der Waals surface area contributed by atoms with Crippen LogP contribution in [0.3, 0.4) is 0 Å². The number of rotatable bonds is 9. The number of allylic oxidation sites excluding steroid dienone is 2. The summed E-state index contributed by atoms with van der Waals surface area (Å²) in [5.74, 6) is 0. The molecule has 0 aliphatic rings. The summed E-state index contributed by atoms with van der Waals surface area (Å²) < 4.78 is 0. The van der Waals surface area contributed by atoms with Crippen molar-refractivity contribution in [3.63, 3.8) is 0 Å². The van der Waals surface area contributed by atoms with Crippen LogP contribution in [0, 0.1) is 13.8 Å². The first-order valence-corrected chi connectivity index (χ1v) is 5.65. The fourth-order valence-electron chi connectivity index (χ4n) is 1.32. The maximum atomic E-state index is 3.84. The number of hydrogen-bond donors (Lipinski definition) is 0. The molecule has 0 fully saturated rings. The third-order valence-electron chi connectivity index (χ3n) is 2.16. The highest BCUT2D eigenvalue weighted by molar-refractivity contribution is 4.81. The molecule has 0 aromatic heterocycles. The maximum absolute atomic E-state index is 3.84. The van der Waals surface area contributed by atoms with Crippen LogP contribution in [0.5, 0.6) is 0 Å². The van der Waals surface area contributed by atoms with Gasteiger partial charge in [-0.15, -0.1) is 0 Å². The Morgan fingerprint density at radius 1 is 0.615 bits per heavy atom. The fraction of sp³-hybridized carbons (Fsp3) is 0.692. The van der Waals surface area contributed by atoms with Crippen LogP contribution >= 0.6 is 0 Å². The summed E-state index contributed by atoms with van der Waals surface area (Å²) in [6, 6.07) is 0. The van der Waals surface area contributed by atoms with Crippen molar-refractivity contribution in [2.45, 2.75) is 57.8 Å². The minimum atomic E-state index is 1.03. The van der Waals surface area contributed by atoms with Crippen LogP contribution < -0.4 is 0 Å². The second-order valence-electron chi connectivity index (χ2n) is 3.52. The zero-order valence-electron chi connectivity index (χ0n) is 8.93. The van der Waals surface area contributed by atoms with Crippen molar-refractivity contribution in [3.05, 3.63) is 26.0 Å². The lowest BCUT2D eigenvalue weighted by atomic mass is 10.1. The lowest BCUT2D eigenvalue weighted by Crippen LogP contribution is -1.77. The molecule has 76 valence electrons. The van der Waals surface area contributed by atoms with Gasteiger partial charge < -0.3 is 0 Å². The van der Waals surface area contributed by atoms with Gasteiger partial charge in [-0.2, -0.15) is 0 Å². The molecule has 0 N–H and O–H groups in total. The highest BCUT2D eigenvalue weighted by atomic mass is 13.9. The van der Waals surface area contributed by atoms with Gasteiger partial charge >= 0.3 is 0 Å². The normalized spacial score (nSPS) is 11.2. The summed E-state index contributed by atoms with van der Waals surface area (Å²) in [7, 11) is 0. The lowest BCUT2D eigenvalue weighted by Gasteiger charge is -1.97. The minimum absolute atomic E-state index is 1.03. The Labute approximate surface area is 84.4 Å². The Balaban J connectivity index is 2.91. The molecule has 0 heterocycles. The SMILES string of the molecule is [CH2]CC/C=C/CCCCCCC[CH2]. The third kappa shape index (κ3) is 11.7. The maximum Gasteiger partial charge on any atom is -0.0351 e. The lowest BCUT2D eigenvalue weighted by molar-refractivity contribution is 0.621. The molecule has 0 spiro atoms. The van der Waals surface area contributed by atoms with Gasteiger partial charge in [-0.05, 0) is 25.7 Å². The smallest absolute Gasteiger partial charge is 0.0351 e. The molecule has 0 rings (SSSR count). The topological polar surface area (TPSA) is 0 Å². The molecule has 0 nitrogen and oxygen atoms in total. The van der Waals surface area contributed by atoms with Gasteiger partial charge in [0.25, 0.3) is 0 Å². The van der Waals surface area contributed by atoms with Gasteiger partial charge in [0.15, 0.2) is 0 Å². The van der Waals surface area contributed by atoms with Crippen LogP contribution in [0.2, 0.25) is 0 Å². The summed E-state index contributed by atoms with van der Waals surface area (Å²) in [5, 5.41) is 0. The molecule has 0 unspecified atom stereocenters. The molecule has 13 heavy (non-hydrogen) atoms. The van der Waals surface area contributed by atoms with Crippen LogP contribution in [0.25, 0.3) is 0 Å². The second-order valence-corrected chi connectivity index (χ2v) is 3.52. The molecule has 2 radical (unpaired) electrons. The molecule has 0 aliphatic heterocycles. The first-order chi connectivity index (χ1) is 6.41. The Kier molecular flexibility index (Phi) is 11.5. The summed E-state index contributed by atoms with van der Waals surface area (Å²) in [6.45, 7) is 7.63. The van der Waals surface area contributed by atoms with Crippen LogP contribution in [0.4, 0.5) is 0 Å². The Morgan fingerprint density at radius 2 is 1.23 bits per heavy atom. The van der Waals surface area contributed by atoms with E-state index in [1.807, 2.05) is 0 Å². The minimum Gasteiger partial charge on any atom is -0.0885 e. The van der Waals surface area contributed by atoms with Gasteiger partial charge in [0, 0.05) is 0 Å². The Bertz CT molecular complexity index is 103. The van der Waals surface area contributed by atoms with E-state index in [-0.39, 0.29) is 0 Å². The summed E-state index contributed by atoms with van der Waals surface area (Å²) in [5.41, 5.74) is 0. The van der Waals surface area contributed by atoms with E-state index in [2.05, 4.69) is 26.0 Å². The Hall–Kier alpha value is -0.260. The molecule has 0 amide bonds. The summed E-state index contributed by atoms with van der Waals surface area (Å²) in [4.78, 5) is 0. The van der Waals surface area contributed by atoms with Gasteiger partial charge in [0.2, 0.25) is 0 Å². The average molecular weight is 180 g/mol. The van der Waals surface area contributed by atoms with Gasteiger partial charge in [-0.3, -0.25) is 0 Å². The molecular formula is C13H24. The molecule has 0 aromatic rings. The number of hydrogen-bond acceptors (Lipinski definition) is 0. The van der Waals surface area contributed by atoms with Crippen molar-refractivity contribution in [1.29, 1.82) is 0 Å². The highest BCUT2D eigenvalue weighted by Crippen LogP contribution is 2.07. The molecular weight excluding hydrogens is 156 g/mol. The first-order valence-electron chi connectivity index (χ1n) is 5.65. The van der Waals surface area contributed by atoms with Crippen molar-refractivity contribution >= 4 is 0 Å². The zero-order valence-corrected chi connectivity index (χ0v) is 8.93. The van der Waals surface area contributed by atoms with E-state index in [9.17, 15) is 0 Å². The summed E-state index contributed by atoms with van der Waals surface area (Å²) >= 11 is 0. The predicted molar refractivity (Wildman–Crippen MR) is 61.4 cm³/mol. The largest absolute Gasteiger partial charge is 0.0885 e. The molecule has 0 saturated carbocycles. The zero-order chi connectivity index (χ0) is 9.78. The van der Waals surface area contributed by atoms with E-state index < -0.39 is 0 Å². The molecule has 0 bridgehead atoms. The van der Waals surface area contributed by atoms with Gasteiger partial charge in [-0.1, -0.05) is 58.1 Å². The molecule has 0 heteroatoms. The van der Waals surface area contributed by atoms with Crippen molar-refractivity contribution < 1.29 is 0 Å². The van der Waals surface area contributed by atoms with E-state index in [1.54, 1.807) is 0 Å². The first kappa shape index (κ1) is 12.7. The van der Waals surface area contributed by atoms with Crippen molar-refractivity contribution in [1.82, 2.24) is 0 Å². The van der Waals surface area contributed by atoms with Gasteiger partial charge in [0.1, 0.15) is 0 Å². The highest BCUT2D eigenvalue weighted by Gasteiger charge is 1.87. The van der Waals surface area contributed by atoms with Crippen molar-refractivity contribution in [3.8, 4) is 0 Å². The van der Waals surface area contributed by atoms with E-state index >= 15 is 0 Å². The number of unbranched alkanes of at least 4 members (excludes halogenated alkanes) is 7. The monoisotopic (exact) mass is 180 g/mol. The van der Waals surface area contributed by atoms with Crippen LogP contribution in [0.15, 0.2) is 12.2 Å². The van der Waals surface area contributed by atoms with Crippen LogP contribution in [0.1, 0.15) is 57.8 Å². The molecule has 0 saturated heterocycles. The van der Waals surface area contributed by atoms with E-state index in [1.165, 1.54) is 38.5 Å². The standard InChI is InChI=1S/C13H24/c1-3-5-7-9-11-13-12-10-8-6-4-2/h7,9H,1-6,8,10-13H2/b9-7+. The van der Waals surface area contributed by atoms with Gasteiger partial charge in [0.05, 0.1) is 0 Å². The second kappa shape index (κ2) is 11.7. The quantitative estimate of drug-likeness (QED) is 0.356. The molecule has 0 atom stereocenters. The molecule has 0 aromatic carbocycles.